The lowest BCUT2D eigenvalue weighted by atomic mass is 10.1. The van der Waals surface area contributed by atoms with Crippen molar-refractivity contribution >= 4 is 11.6 Å². The van der Waals surface area contributed by atoms with Gasteiger partial charge in [0.1, 0.15) is 18.5 Å². The maximum atomic E-state index is 6.35. The van der Waals surface area contributed by atoms with Crippen LogP contribution < -0.4 is 9.30 Å². The van der Waals surface area contributed by atoms with Crippen LogP contribution in [0.4, 0.5) is 0 Å². The molecule has 1 aliphatic rings. The van der Waals surface area contributed by atoms with Crippen LogP contribution in [0, 0.1) is 0 Å². The molecule has 0 atom stereocenters. The summed E-state index contributed by atoms with van der Waals surface area (Å²) in [5, 5.41) is 0.828. The molecule has 4 heteroatoms. The summed E-state index contributed by atoms with van der Waals surface area (Å²) in [7, 11) is 1.70. The van der Waals surface area contributed by atoms with Crippen LogP contribution in [0.1, 0.15) is 17.8 Å². The molecular weight excluding hydrogens is 320 g/mol. The van der Waals surface area contributed by atoms with Crippen molar-refractivity contribution in [3.8, 4) is 17.0 Å². The summed E-state index contributed by atoms with van der Waals surface area (Å²) in [6, 6.07) is 16.4. The van der Waals surface area contributed by atoms with Gasteiger partial charge in [0.25, 0.3) is 5.82 Å². The minimum Gasteiger partial charge on any atom is -0.497 e. The molecule has 2 aromatic carbocycles. The lowest BCUT2D eigenvalue weighted by Gasteiger charge is -2.02. The summed E-state index contributed by atoms with van der Waals surface area (Å²) < 4.78 is 10.0. The summed E-state index contributed by atoms with van der Waals surface area (Å²) in [6.45, 7) is 1.89. The largest absolute Gasteiger partial charge is 0.497 e. The second-order valence-electron chi connectivity index (χ2n) is 6.13. The van der Waals surface area contributed by atoms with Gasteiger partial charge in [0.2, 0.25) is 0 Å². The molecule has 0 amide bonds. The van der Waals surface area contributed by atoms with Gasteiger partial charge in [-0.3, -0.25) is 0 Å². The summed E-state index contributed by atoms with van der Waals surface area (Å²) in [5.41, 5.74) is 3.64. The van der Waals surface area contributed by atoms with Crippen molar-refractivity contribution in [2.45, 2.75) is 25.9 Å². The Labute approximate surface area is 147 Å². The molecular formula is C20H20ClN2O+. The third-order valence-corrected chi connectivity index (χ3v) is 5.05. The fourth-order valence-corrected chi connectivity index (χ4v) is 3.64. The van der Waals surface area contributed by atoms with Crippen molar-refractivity contribution in [1.29, 1.82) is 0 Å². The van der Waals surface area contributed by atoms with Gasteiger partial charge in [-0.2, -0.15) is 0 Å². The molecule has 4 rings (SSSR count). The first-order valence-corrected chi connectivity index (χ1v) is 8.64. The lowest BCUT2D eigenvalue weighted by Crippen LogP contribution is -2.36. The fourth-order valence-electron chi connectivity index (χ4n) is 3.45. The zero-order valence-electron chi connectivity index (χ0n) is 13.7. The Morgan fingerprint density at radius 2 is 1.92 bits per heavy atom. The van der Waals surface area contributed by atoms with E-state index in [0.29, 0.717) is 0 Å². The highest BCUT2D eigenvalue weighted by Crippen LogP contribution is 2.27. The molecule has 0 unspecified atom stereocenters. The van der Waals surface area contributed by atoms with E-state index in [1.165, 1.54) is 23.5 Å². The first-order valence-electron chi connectivity index (χ1n) is 8.26. The molecule has 3 nitrogen and oxygen atoms in total. The number of hydrogen-bond donors (Lipinski definition) is 0. The fraction of sp³-hybridized carbons (Fsp3) is 0.250. The number of aromatic nitrogens is 2. The monoisotopic (exact) mass is 339 g/mol. The maximum Gasteiger partial charge on any atom is 0.257 e. The van der Waals surface area contributed by atoms with Crippen LogP contribution >= 0.6 is 11.6 Å². The van der Waals surface area contributed by atoms with E-state index in [4.69, 9.17) is 16.3 Å². The van der Waals surface area contributed by atoms with Crippen molar-refractivity contribution in [3.05, 3.63) is 71.1 Å². The average molecular weight is 340 g/mol. The first-order chi connectivity index (χ1) is 11.8. The second kappa shape index (κ2) is 6.33. The van der Waals surface area contributed by atoms with Crippen molar-refractivity contribution in [2.75, 3.05) is 7.11 Å². The van der Waals surface area contributed by atoms with Crippen LogP contribution in [0.3, 0.4) is 0 Å². The highest BCUT2D eigenvalue weighted by atomic mass is 35.5. The van der Waals surface area contributed by atoms with E-state index in [0.717, 1.165) is 35.8 Å². The highest BCUT2D eigenvalue weighted by molar-refractivity contribution is 6.31. The van der Waals surface area contributed by atoms with Gasteiger partial charge in [-0.1, -0.05) is 29.8 Å². The Balaban J connectivity index is 1.73. The molecule has 0 fully saturated rings. The van der Waals surface area contributed by atoms with Gasteiger partial charge in [-0.05, 0) is 36.8 Å². The molecule has 1 aliphatic heterocycles. The summed E-state index contributed by atoms with van der Waals surface area (Å²) in [6.07, 6.45) is 4.56. The van der Waals surface area contributed by atoms with Gasteiger partial charge in [-0.25, -0.2) is 9.13 Å². The number of methoxy groups -OCH3 is 1. The van der Waals surface area contributed by atoms with E-state index in [-0.39, 0.29) is 0 Å². The van der Waals surface area contributed by atoms with Crippen LogP contribution in [0.25, 0.3) is 11.3 Å². The predicted octanol–water partition coefficient (Wildman–Crippen LogP) is 4.10. The summed E-state index contributed by atoms with van der Waals surface area (Å²) >= 11 is 6.35. The van der Waals surface area contributed by atoms with Crippen LogP contribution in [0.5, 0.6) is 5.75 Å². The van der Waals surface area contributed by atoms with Crippen LogP contribution in [-0.2, 0) is 19.5 Å². The lowest BCUT2D eigenvalue weighted by molar-refractivity contribution is -0.694. The Bertz CT molecular complexity index is 868. The molecule has 3 aromatic rings. The molecule has 0 aliphatic carbocycles. The third kappa shape index (κ3) is 2.69. The number of halogens is 1. The average Bonchev–Trinajstić information content (AvgIpc) is 3.21. The number of ether oxygens (including phenoxy) is 1. The van der Waals surface area contributed by atoms with Gasteiger partial charge >= 0.3 is 0 Å². The van der Waals surface area contributed by atoms with E-state index in [1.807, 2.05) is 30.3 Å². The molecule has 1 aromatic heterocycles. The first kappa shape index (κ1) is 15.3. The quantitative estimate of drug-likeness (QED) is 0.654. The SMILES string of the molecule is COc1ccc(-c2c[n+](Cc3ccccc3Cl)c3n2CCC3)cc1. The summed E-state index contributed by atoms with van der Waals surface area (Å²) in [4.78, 5) is 0. The van der Waals surface area contributed by atoms with Crippen LogP contribution in [-0.4, -0.2) is 11.7 Å². The molecule has 0 spiro atoms. The van der Waals surface area contributed by atoms with Gasteiger partial charge in [0.15, 0.2) is 5.69 Å². The molecule has 0 bridgehead atoms. The van der Waals surface area contributed by atoms with E-state index in [9.17, 15) is 0 Å². The molecule has 24 heavy (non-hydrogen) atoms. The van der Waals surface area contributed by atoms with E-state index < -0.39 is 0 Å². The maximum absolute atomic E-state index is 6.35. The molecule has 122 valence electrons. The van der Waals surface area contributed by atoms with Gasteiger partial charge in [0, 0.05) is 16.1 Å². The number of nitrogens with zero attached hydrogens (tertiary/aromatic N) is 2. The minimum atomic E-state index is 0.811. The van der Waals surface area contributed by atoms with E-state index in [2.05, 4.69) is 33.5 Å². The van der Waals surface area contributed by atoms with E-state index in [1.54, 1.807) is 7.11 Å². The van der Waals surface area contributed by atoms with Gasteiger partial charge in [0.05, 0.1) is 20.1 Å². The zero-order chi connectivity index (χ0) is 16.5. The summed E-state index contributed by atoms with van der Waals surface area (Å²) in [5.74, 6) is 2.26. The van der Waals surface area contributed by atoms with Crippen LogP contribution in [0.2, 0.25) is 5.02 Å². The molecule has 2 heterocycles. The Hall–Kier alpha value is -2.26. The van der Waals surface area contributed by atoms with Crippen molar-refractivity contribution in [3.63, 3.8) is 0 Å². The number of hydrogen-bond acceptors (Lipinski definition) is 1. The van der Waals surface area contributed by atoms with Gasteiger partial charge in [-0.15, -0.1) is 0 Å². The molecule has 0 saturated heterocycles. The normalized spacial score (nSPS) is 13.1. The Morgan fingerprint density at radius 3 is 2.67 bits per heavy atom. The molecule has 0 N–H and O–H groups in total. The standard InChI is InChI=1S/C20H20ClN2O/c1-24-17-10-8-15(9-11-17)19-14-22(20-7-4-12-23(19)20)13-16-5-2-3-6-18(16)21/h2-3,5-6,8-11,14H,4,7,12-13H2,1H3/q+1. The number of fused-ring (bicyclic) bond motifs is 1. The van der Waals surface area contributed by atoms with Crippen molar-refractivity contribution in [2.24, 2.45) is 0 Å². The number of imidazole rings is 1. The molecule has 0 radical (unpaired) electrons. The third-order valence-electron chi connectivity index (χ3n) is 4.68. The van der Waals surface area contributed by atoms with Gasteiger partial charge < -0.3 is 4.74 Å². The highest BCUT2D eigenvalue weighted by Gasteiger charge is 2.28. The predicted molar refractivity (Wildman–Crippen MR) is 95.5 cm³/mol. The Kier molecular flexibility index (Phi) is 4.03. The Morgan fingerprint density at radius 1 is 1.12 bits per heavy atom. The minimum absolute atomic E-state index is 0.811. The smallest absolute Gasteiger partial charge is 0.257 e. The second-order valence-corrected chi connectivity index (χ2v) is 6.54. The van der Waals surface area contributed by atoms with E-state index >= 15 is 0 Å². The van der Waals surface area contributed by atoms with Crippen LogP contribution in [0.15, 0.2) is 54.7 Å². The number of rotatable bonds is 4. The topological polar surface area (TPSA) is 18.0 Å². The zero-order valence-corrected chi connectivity index (χ0v) is 14.5. The van der Waals surface area contributed by atoms with Crippen molar-refractivity contribution < 1.29 is 9.30 Å². The molecule has 0 saturated carbocycles. The number of benzene rings is 2. The van der Waals surface area contributed by atoms with Crippen molar-refractivity contribution in [1.82, 2.24) is 4.57 Å².